The molecule has 1 unspecified atom stereocenters. The van der Waals surface area contributed by atoms with Crippen LogP contribution in [0.2, 0.25) is 0 Å². The zero-order chi connectivity index (χ0) is 17.7. The van der Waals surface area contributed by atoms with E-state index in [0.29, 0.717) is 0 Å². The summed E-state index contributed by atoms with van der Waals surface area (Å²) >= 11 is 0. The van der Waals surface area contributed by atoms with Crippen LogP contribution in [0.15, 0.2) is 18.2 Å². The zero-order valence-corrected chi connectivity index (χ0v) is 15.2. The maximum absolute atomic E-state index is 12.3. The van der Waals surface area contributed by atoms with Crippen molar-refractivity contribution in [2.45, 2.75) is 46.6 Å². The molecule has 0 bridgehead atoms. The van der Waals surface area contributed by atoms with E-state index in [0.717, 1.165) is 48.7 Å². The fourth-order valence-corrected chi connectivity index (χ4v) is 3.09. The van der Waals surface area contributed by atoms with E-state index in [1.807, 2.05) is 39.0 Å². The normalized spacial score (nSPS) is 17.3. The van der Waals surface area contributed by atoms with Crippen molar-refractivity contribution in [3.63, 3.8) is 0 Å². The number of likely N-dealkylation sites (tertiary alicyclic amines) is 1. The van der Waals surface area contributed by atoms with Crippen molar-refractivity contribution < 1.29 is 9.59 Å². The number of aryl methyl sites for hydroxylation is 2. The summed E-state index contributed by atoms with van der Waals surface area (Å²) in [5.41, 5.74) is 2.87. The van der Waals surface area contributed by atoms with Gasteiger partial charge in [0.15, 0.2) is 0 Å². The number of nitrogens with one attached hydrogen (secondary N) is 2. The summed E-state index contributed by atoms with van der Waals surface area (Å²) in [6, 6.07) is 5.69. The molecule has 0 aliphatic carbocycles. The van der Waals surface area contributed by atoms with Crippen LogP contribution in [0.4, 0.5) is 5.69 Å². The average Bonchev–Trinajstić information content (AvgIpc) is 2.56. The third-order valence-corrected chi connectivity index (χ3v) is 4.91. The highest BCUT2D eigenvalue weighted by Gasteiger charge is 2.25. The summed E-state index contributed by atoms with van der Waals surface area (Å²) in [6.07, 6.45) is 2.26. The van der Waals surface area contributed by atoms with Crippen LogP contribution in [-0.4, -0.2) is 42.4 Å². The molecule has 1 aromatic carbocycles. The van der Waals surface area contributed by atoms with E-state index in [4.69, 9.17) is 0 Å². The maximum atomic E-state index is 12.3. The van der Waals surface area contributed by atoms with Gasteiger partial charge in [-0.1, -0.05) is 25.1 Å². The van der Waals surface area contributed by atoms with Gasteiger partial charge in [-0.05, 0) is 63.7 Å². The molecule has 0 spiro atoms. The van der Waals surface area contributed by atoms with Gasteiger partial charge in [-0.3, -0.25) is 14.5 Å². The van der Waals surface area contributed by atoms with Crippen molar-refractivity contribution in [1.82, 2.24) is 10.2 Å². The Bertz CT molecular complexity index is 572. The highest BCUT2D eigenvalue weighted by atomic mass is 16.2. The first kappa shape index (κ1) is 18.5. The molecule has 1 atom stereocenters. The molecule has 1 fully saturated rings. The standard InChI is InChI=1S/C19H29N3O2/c1-13-8-10-22(11-9-13)16(4)19(24)20-12-17(23)21-18-14(2)6-5-7-15(18)3/h5-7,13,16H,8-12H2,1-4H3,(H,20,24)(H,21,23). The Kier molecular flexibility index (Phi) is 6.37. The number of benzene rings is 1. The van der Waals surface area contributed by atoms with Crippen molar-refractivity contribution in [3.05, 3.63) is 29.3 Å². The second kappa shape index (κ2) is 8.29. The van der Waals surface area contributed by atoms with Gasteiger partial charge in [0, 0.05) is 5.69 Å². The van der Waals surface area contributed by atoms with Crippen LogP contribution in [0.25, 0.3) is 0 Å². The Morgan fingerprint density at radius 1 is 1.21 bits per heavy atom. The Morgan fingerprint density at radius 2 is 1.79 bits per heavy atom. The summed E-state index contributed by atoms with van der Waals surface area (Å²) in [6.45, 7) is 9.98. The van der Waals surface area contributed by atoms with Gasteiger partial charge < -0.3 is 10.6 Å². The molecule has 0 saturated carbocycles. The SMILES string of the molecule is Cc1cccc(C)c1NC(=O)CNC(=O)C(C)N1CCC(C)CC1. The Balaban J connectivity index is 1.81. The third-order valence-electron chi connectivity index (χ3n) is 4.91. The monoisotopic (exact) mass is 331 g/mol. The number of nitrogens with zero attached hydrogens (tertiary/aromatic N) is 1. The molecular formula is C19H29N3O2. The van der Waals surface area contributed by atoms with Gasteiger partial charge in [0.25, 0.3) is 0 Å². The van der Waals surface area contributed by atoms with Gasteiger partial charge in [-0.15, -0.1) is 0 Å². The fraction of sp³-hybridized carbons (Fsp3) is 0.579. The number of amides is 2. The minimum Gasteiger partial charge on any atom is -0.346 e. The smallest absolute Gasteiger partial charge is 0.243 e. The van der Waals surface area contributed by atoms with Crippen molar-refractivity contribution in [1.29, 1.82) is 0 Å². The van der Waals surface area contributed by atoms with Crippen LogP contribution in [0.3, 0.4) is 0 Å². The van der Waals surface area contributed by atoms with E-state index in [1.54, 1.807) is 0 Å². The number of rotatable bonds is 5. The van der Waals surface area contributed by atoms with Crippen LogP contribution >= 0.6 is 0 Å². The summed E-state index contributed by atoms with van der Waals surface area (Å²) in [5, 5.41) is 5.65. The van der Waals surface area contributed by atoms with Gasteiger partial charge >= 0.3 is 0 Å². The molecule has 1 heterocycles. The summed E-state index contributed by atoms with van der Waals surface area (Å²) in [5.74, 6) is 0.459. The number of hydrogen-bond donors (Lipinski definition) is 2. The Labute approximate surface area is 144 Å². The van der Waals surface area contributed by atoms with Crippen LogP contribution in [0.1, 0.15) is 37.8 Å². The quantitative estimate of drug-likeness (QED) is 0.871. The topological polar surface area (TPSA) is 61.4 Å². The van der Waals surface area contributed by atoms with Crippen molar-refractivity contribution in [2.24, 2.45) is 5.92 Å². The molecule has 0 radical (unpaired) electrons. The van der Waals surface area contributed by atoms with E-state index in [9.17, 15) is 9.59 Å². The molecule has 2 N–H and O–H groups in total. The van der Waals surface area contributed by atoms with Gasteiger partial charge in [0.2, 0.25) is 11.8 Å². The fourth-order valence-electron chi connectivity index (χ4n) is 3.09. The lowest BCUT2D eigenvalue weighted by atomic mass is 9.98. The number of piperidine rings is 1. The number of carbonyl (C=O) groups is 2. The van der Waals surface area contributed by atoms with Crippen LogP contribution in [-0.2, 0) is 9.59 Å². The molecule has 2 rings (SSSR count). The van der Waals surface area contributed by atoms with Crippen molar-refractivity contribution >= 4 is 17.5 Å². The average molecular weight is 331 g/mol. The Morgan fingerprint density at radius 3 is 2.38 bits per heavy atom. The van der Waals surface area contributed by atoms with Crippen LogP contribution in [0.5, 0.6) is 0 Å². The molecule has 5 heteroatoms. The first-order valence-corrected chi connectivity index (χ1v) is 8.76. The van der Waals surface area contributed by atoms with Gasteiger partial charge in [0.05, 0.1) is 12.6 Å². The number of hydrogen-bond acceptors (Lipinski definition) is 3. The molecule has 24 heavy (non-hydrogen) atoms. The summed E-state index contributed by atoms with van der Waals surface area (Å²) in [4.78, 5) is 26.6. The number of para-hydroxylation sites is 1. The predicted octanol–water partition coefficient (Wildman–Crippen LogP) is 2.48. The molecule has 132 valence electrons. The zero-order valence-electron chi connectivity index (χ0n) is 15.2. The minimum atomic E-state index is -0.194. The molecule has 1 aromatic rings. The number of anilines is 1. The molecule has 1 aliphatic heterocycles. The first-order chi connectivity index (χ1) is 11.4. The van der Waals surface area contributed by atoms with Crippen molar-refractivity contribution in [3.8, 4) is 0 Å². The minimum absolute atomic E-state index is 0.00118. The van der Waals surface area contributed by atoms with Gasteiger partial charge in [0.1, 0.15) is 0 Å². The van der Waals surface area contributed by atoms with E-state index in [1.165, 1.54) is 0 Å². The predicted molar refractivity (Wildman–Crippen MR) is 97.0 cm³/mol. The molecule has 0 aromatic heterocycles. The lowest BCUT2D eigenvalue weighted by molar-refractivity contribution is -0.128. The molecular weight excluding hydrogens is 302 g/mol. The van der Waals surface area contributed by atoms with E-state index < -0.39 is 0 Å². The summed E-state index contributed by atoms with van der Waals surface area (Å²) < 4.78 is 0. The highest BCUT2D eigenvalue weighted by molar-refractivity contribution is 5.96. The lowest BCUT2D eigenvalue weighted by Gasteiger charge is -2.34. The van der Waals surface area contributed by atoms with Gasteiger partial charge in [-0.2, -0.15) is 0 Å². The van der Waals surface area contributed by atoms with Crippen molar-refractivity contribution in [2.75, 3.05) is 25.0 Å². The van der Waals surface area contributed by atoms with Crippen LogP contribution in [0, 0.1) is 19.8 Å². The maximum Gasteiger partial charge on any atom is 0.243 e. The Hall–Kier alpha value is -1.88. The molecule has 1 aliphatic rings. The highest BCUT2D eigenvalue weighted by Crippen LogP contribution is 2.19. The van der Waals surface area contributed by atoms with E-state index in [2.05, 4.69) is 22.5 Å². The second-order valence-corrected chi connectivity index (χ2v) is 6.93. The van der Waals surface area contributed by atoms with Crippen LogP contribution < -0.4 is 10.6 Å². The van der Waals surface area contributed by atoms with Gasteiger partial charge in [-0.25, -0.2) is 0 Å². The van der Waals surface area contributed by atoms with E-state index >= 15 is 0 Å². The third kappa shape index (κ3) is 4.81. The van der Waals surface area contributed by atoms with E-state index in [-0.39, 0.29) is 24.4 Å². The summed E-state index contributed by atoms with van der Waals surface area (Å²) in [7, 11) is 0. The first-order valence-electron chi connectivity index (χ1n) is 8.76. The molecule has 1 saturated heterocycles. The molecule has 2 amide bonds. The molecule has 5 nitrogen and oxygen atoms in total. The number of carbonyl (C=O) groups excluding carboxylic acids is 2. The lowest BCUT2D eigenvalue weighted by Crippen LogP contribution is -2.49. The second-order valence-electron chi connectivity index (χ2n) is 6.93. The largest absolute Gasteiger partial charge is 0.346 e.